The molecule has 214 valence electrons. The number of hydrogen-bond acceptors (Lipinski definition) is 3. The fourth-order valence-corrected chi connectivity index (χ4v) is 11.3. The van der Waals surface area contributed by atoms with Gasteiger partial charge in [-0.2, -0.15) is 0 Å². The molecule has 0 radical (unpaired) electrons. The summed E-state index contributed by atoms with van der Waals surface area (Å²) in [5.74, 6) is 0. The molecule has 0 fully saturated rings. The van der Waals surface area contributed by atoms with Crippen molar-refractivity contribution in [1.82, 2.24) is 4.57 Å². The Morgan fingerprint density at radius 1 is 0.348 bits per heavy atom. The number of para-hydroxylation sites is 1. The lowest BCUT2D eigenvalue weighted by Gasteiger charge is -2.09. The van der Waals surface area contributed by atoms with Crippen LogP contribution in [-0.2, 0) is 0 Å². The van der Waals surface area contributed by atoms with Crippen LogP contribution in [0.5, 0.6) is 0 Å². The maximum atomic E-state index is 2.47. The van der Waals surface area contributed by atoms with E-state index in [-0.39, 0.29) is 0 Å². The number of hydrogen-bond donors (Lipinski definition) is 0. The van der Waals surface area contributed by atoms with Gasteiger partial charge in [-0.3, -0.25) is 0 Å². The van der Waals surface area contributed by atoms with E-state index >= 15 is 0 Å². The maximum absolute atomic E-state index is 2.47. The van der Waals surface area contributed by atoms with Gasteiger partial charge in [0.2, 0.25) is 0 Å². The first-order valence-electron chi connectivity index (χ1n) is 15.5. The van der Waals surface area contributed by atoms with Crippen LogP contribution in [-0.4, -0.2) is 4.57 Å². The van der Waals surface area contributed by atoms with Gasteiger partial charge in [-0.15, -0.1) is 34.0 Å². The van der Waals surface area contributed by atoms with Gasteiger partial charge < -0.3 is 4.57 Å². The Morgan fingerprint density at radius 2 is 1.00 bits per heavy atom. The Morgan fingerprint density at radius 3 is 1.91 bits per heavy atom. The molecule has 0 saturated carbocycles. The SMILES string of the molecule is c1ccc2c(c1)sc1c2ccc2c1c1ccccc1n2-c1ccc2sc3c(-c4cccc5sc6ccccc6c45)cccc3c2c1. The van der Waals surface area contributed by atoms with E-state index in [1.165, 1.54) is 99.1 Å². The average Bonchev–Trinajstić information content (AvgIpc) is 3.86. The number of thiophene rings is 3. The largest absolute Gasteiger partial charge is 0.309 e. The summed E-state index contributed by atoms with van der Waals surface area (Å²) in [7, 11) is 0. The van der Waals surface area contributed by atoms with Gasteiger partial charge in [0.15, 0.2) is 0 Å². The van der Waals surface area contributed by atoms with Crippen LogP contribution in [0, 0.1) is 0 Å². The summed E-state index contributed by atoms with van der Waals surface area (Å²) < 4.78 is 10.5. The van der Waals surface area contributed by atoms with Crippen molar-refractivity contribution in [2.75, 3.05) is 0 Å². The molecular weight excluding hydrogens is 615 g/mol. The summed E-state index contributed by atoms with van der Waals surface area (Å²) >= 11 is 5.71. The standard InChI is InChI=1S/C42H23NS3/c1-4-15-33-30(10-1)40-34(21-20-29-25-9-2-5-16-35(25)46-42(29)40)43(33)24-19-22-37-32(23-24)28-14-7-13-27(41(28)45-37)26-12-8-18-38-39(26)31-11-3-6-17-36(31)44-38/h1-23H. The van der Waals surface area contributed by atoms with Crippen molar-refractivity contribution in [3.8, 4) is 16.8 Å². The van der Waals surface area contributed by atoms with E-state index < -0.39 is 0 Å². The molecule has 11 aromatic rings. The normalized spacial score (nSPS) is 12.3. The summed E-state index contributed by atoms with van der Waals surface area (Å²) in [6.45, 7) is 0. The van der Waals surface area contributed by atoms with Crippen LogP contribution >= 0.6 is 34.0 Å². The zero-order valence-corrected chi connectivity index (χ0v) is 26.9. The zero-order chi connectivity index (χ0) is 29.9. The average molecular weight is 638 g/mol. The molecule has 46 heavy (non-hydrogen) atoms. The predicted molar refractivity (Wildman–Crippen MR) is 205 cm³/mol. The number of benzene rings is 7. The van der Waals surface area contributed by atoms with E-state index in [9.17, 15) is 0 Å². The maximum Gasteiger partial charge on any atom is 0.0555 e. The van der Waals surface area contributed by atoms with Crippen LogP contribution in [0.25, 0.3) is 99.1 Å². The minimum Gasteiger partial charge on any atom is -0.309 e. The van der Waals surface area contributed by atoms with Crippen LogP contribution in [0.15, 0.2) is 140 Å². The highest BCUT2D eigenvalue weighted by molar-refractivity contribution is 7.27. The summed E-state index contributed by atoms with van der Waals surface area (Å²) in [5, 5.41) is 10.7. The quantitative estimate of drug-likeness (QED) is 0.178. The van der Waals surface area contributed by atoms with E-state index in [4.69, 9.17) is 0 Å². The van der Waals surface area contributed by atoms with E-state index in [2.05, 4.69) is 144 Å². The first-order chi connectivity index (χ1) is 22.8. The molecule has 0 unspecified atom stereocenters. The Bertz CT molecular complexity index is 3040. The third-order valence-corrected chi connectivity index (χ3v) is 13.2. The molecule has 0 aliphatic carbocycles. The molecule has 4 heterocycles. The second-order valence-electron chi connectivity index (χ2n) is 12.0. The van der Waals surface area contributed by atoms with Crippen molar-refractivity contribution in [2.24, 2.45) is 0 Å². The molecule has 7 aromatic carbocycles. The molecule has 0 N–H and O–H groups in total. The fourth-order valence-electron chi connectivity index (χ4n) is 7.65. The highest BCUT2D eigenvalue weighted by Crippen LogP contribution is 2.47. The van der Waals surface area contributed by atoms with E-state index in [1.54, 1.807) is 0 Å². The number of aromatic nitrogens is 1. The fraction of sp³-hybridized carbons (Fsp3) is 0. The molecule has 1 nitrogen and oxygen atoms in total. The monoisotopic (exact) mass is 637 g/mol. The minimum atomic E-state index is 1.20. The van der Waals surface area contributed by atoms with Gasteiger partial charge in [-0.25, -0.2) is 0 Å². The van der Waals surface area contributed by atoms with Crippen molar-refractivity contribution < 1.29 is 0 Å². The van der Waals surface area contributed by atoms with Gasteiger partial charge in [-0.05, 0) is 54.1 Å². The molecule has 0 bridgehead atoms. The van der Waals surface area contributed by atoms with Crippen LogP contribution in [0.2, 0.25) is 0 Å². The van der Waals surface area contributed by atoms with Crippen molar-refractivity contribution in [2.45, 2.75) is 0 Å². The lowest BCUT2D eigenvalue weighted by atomic mass is 9.98. The number of fused-ring (bicyclic) bond motifs is 13. The van der Waals surface area contributed by atoms with Gasteiger partial charge in [0, 0.05) is 82.5 Å². The summed E-state index contributed by atoms with van der Waals surface area (Å²) in [5.41, 5.74) is 6.35. The third kappa shape index (κ3) is 3.33. The van der Waals surface area contributed by atoms with Crippen LogP contribution in [0.4, 0.5) is 0 Å². The molecule has 0 aliphatic heterocycles. The van der Waals surface area contributed by atoms with Crippen molar-refractivity contribution in [3.63, 3.8) is 0 Å². The van der Waals surface area contributed by atoms with Crippen molar-refractivity contribution >= 4 is 116 Å². The first kappa shape index (κ1) is 25.2. The molecule has 0 amide bonds. The van der Waals surface area contributed by atoms with Crippen LogP contribution < -0.4 is 0 Å². The number of rotatable bonds is 2. The minimum absolute atomic E-state index is 1.20. The third-order valence-electron chi connectivity index (χ3n) is 9.61. The zero-order valence-electron chi connectivity index (χ0n) is 24.5. The highest BCUT2D eigenvalue weighted by atomic mass is 32.1. The summed E-state index contributed by atoms with van der Waals surface area (Å²) in [4.78, 5) is 0. The summed E-state index contributed by atoms with van der Waals surface area (Å²) in [6, 6.07) is 51.9. The Labute approximate surface area is 275 Å². The first-order valence-corrected chi connectivity index (χ1v) is 18.0. The Hall–Kier alpha value is -5.00. The molecule has 4 heteroatoms. The Balaban J connectivity index is 1.18. The Kier molecular flexibility index (Phi) is 5.08. The van der Waals surface area contributed by atoms with E-state index in [0.717, 1.165) is 0 Å². The van der Waals surface area contributed by atoms with Crippen LogP contribution in [0.3, 0.4) is 0 Å². The van der Waals surface area contributed by atoms with Crippen LogP contribution in [0.1, 0.15) is 0 Å². The summed E-state index contributed by atoms with van der Waals surface area (Å²) in [6.07, 6.45) is 0. The lowest BCUT2D eigenvalue weighted by Crippen LogP contribution is -1.93. The van der Waals surface area contributed by atoms with E-state index in [1.807, 2.05) is 34.0 Å². The van der Waals surface area contributed by atoms with Crippen molar-refractivity contribution in [3.05, 3.63) is 140 Å². The second kappa shape index (κ2) is 9.27. The predicted octanol–water partition coefficient (Wildman–Crippen LogP) is 13.6. The molecule has 11 rings (SSSR count). The van der Waals surface area contributed by atoms with Gasteiger partial charge in [0.1, 0.15) is 0 Å². The van der Waals surface area contributed by atoms with Gasteiger partial charge in [0.25, 0.3) is 0 Å². The smallest absolute Gasteiger partial charge is 0.0555 e. The molecule has 0 saturated heterocycles. The van der Waals surface area contributed by atoms with Gasteiger partial charge >= 0.3 is 0 Å². The molecule has 0 aliphatic rings. The molecule has 0 spiro atoms. The highest BCUT2D eigenvalue weighted by Gasteiger charge is 2.19. The molecule has 4 aromatic heterocycles. The lowest BCUT2D eigenvalue weighted by molar-refractivity contribution is 1.19. The van der Waals surface area contributed by atoms with E-state index in [0.29, 0.717) is 0 Å². The number of nitrogens with zero attached hydrogens (tertiary/aromatic N) is 1. The van der Waals surface area contributed by atoms with Crippen molar-refractivity contribution in [1.29, 1.82) is 0 Å². The molecule has 0 atom stereocenters. The topological polar surface area (TPSA) is 4.93 Å². The second-order valence-corrected chi connectivity index (χ2v) is 15.2. The van der Waals surface area contributed by atoms with Gasteiger partial charge in [-0.1, -0.05) is 91.0 Å². The van der Waals surface area contributed by atoms with Gasteiger partial charge in [0.05, 0.1) is 11.0 Å². The molecular formula is C42H23NS3.